The highest BCUT2D eigenvalue weighted by Gasteiger charge is 1.98. The molecule has 0 aliphatic carbocycles. The van der Waals surface area contributed by atoms with Crippen LogP contribution >= 0.6 is 0 Å². The fourth-order valence-electron chi connectivity index (χ4n) is 0.799. The lowest BCUT2D eigenvalue weighted by Crippen LogP contribution is -2.28. The number of alkyl carbamates (subject to hydrolysis) is 1. The zero-order chi connectivity index (χ0) is 9.52. The first-order valence-corrected chi connectivity index (χ1v) is 4.07. The minimum Gasteiger partial charge on any atom is -0.450 e. The van der Waals surface area contributed by atoms with Crippen LogP contribution in [-0.4, -0.2) is 34.2 Å². The van der Waals surface area contributed by atoms with Crippen LogP contribution in [0.4, 0.5) is 4.79 Å². The van der Waals surface area contributed by atoms with Crippen molar-refractivity contribution in [2.45, 2.75) is 13.5 Å². The van der Waals surface area contributed by atoms with Crippen molar-refractivity contribution in [3.8, 4) is 0 Å². The van der Waals surface area contributed by atoms with E-state index in [9.17, 15) is 4.79 Å². The van der Waals surface area contributed by atoms with Crippen LogP contribution in [0.2, 0.25) is 0 Å². The fourth-order valence-corrected chi connectivity index (χ4v) is 0.799. The summed E-state index contributed by atoms with van der Waals surface area (Å²) >= 11 is 0. The molecule has 1 heterocycles. The normalized spacial score (nSPS) is 9.62. The van der Waals surface area contributed by atoms with E-state index >= 15 is 0 Å². The first-order valence-electron chi connectivity index (χ1n) is 4.07. The Labute approximate surface area is 75.9 Å². The Morgan fingerprint density at radius 3 is 2.85 bits per heavy atom. The minimum atomic E-state index is -0.408. The van der Waals surface area contributed by atoms with Gasteiger partial charge in [-0.15, -0.1) is 0 Å². The first-order chi connectivity index (χ1) is 6.33. The SMILES string of the molecule is CCOC(=O)NCCn1nccn1. The molecule has 1 amide bonds. The maximum absolute atomic E-state index is 10.8. The number of hydrogen-bond donors (Lipinski definition) is 1. The molecule has 6 nitrogen and oxygen atoms in total. The second kappa shape index (κ2) is 5.13. The Morgan fingerprint density at radius 2 is 2.23 bits per heavy atom. The van der Waals surface area contributed by atoms with Crippen LogP contribution in [0.5, 0.6) is 0 Å². The number of aromatic nitrogens is 3. The number of ether oxygens (including phenoxy) is 1. The molecule has 0 spiro atoms. The quantitative estimate of drug-likeness (QED) is 0.716. The summed E-state index contributed by atoms with van der Waals surface area (Å²) in [5.41, 5.74) is 0. The summed E-state index contributed by atoms with van der Waals surface area (Å²) in [5.74, 6) is 0. The predicted molar refractivity (Wildman–Crippen MR) is 45.0 cm³/mol. The second-order valence-corrected chi connectivity index (χ2v) is 2.27. The van der Waals surface area contributed by atoms with E-state index in [4.69, 9.17) is 0 Å². The smallest absolute Gasteiger partial charge is 0.407 e. The number of nitrogens with one attached hydrogen (secondary N) is 1. The average Bonchev–Trinajstić information content (AvgIpc) is 2.57. The van der Waals surface area contributed by atoms with Gasteiger partial charge in [0.05, 0.1) is 25.5 Å². The van der Waals surface area contributed by atoms with E-state index < -0.39 is 6.09 Å². The van der Waals surface area contributed by atoms with Gasteiger partial charge in [0.25, 0.3) is 0 Å². The summed E-state index contributed by atoms with van der Waals surface area (Å²) in [4.78, 5) is 12.3. The molecule has 0 unspecified atom stereocenters. The third-order valence-electron chi connectivity index (χ3n) is 1.32. The van der Waals surface area contributed by atoms with Crippen molar-refractivity contribution in [3.63, 3.8) is 0 Å². The third-order valence-corrected chi connectivity index (χ3v) is 1.32. The van der Waals surface area contributed by atoms with E-state index in [1.807, 2.05) is 0 Å². The molecule has 1 N–H and O–H groups in total. The van der Waals surface area contributed by atoms with Crippen molar-refractivity contribution in [1.82, 2.24) is 20.3 Å². The Kier molecular flexibility index (Phi) is 3.74. The van der Waals surface area contributed by atoms with E-state index in [0.717, 1.165) is 0 Å². The van der Waals surface area contributed by atoms with Crippen molar-refractivity contribution < 1.29 is 9.53 Å². The minimum absolute atomic E-state index is 0.381. The van der Waals surface area contributed by atoms with Crippen LogP contribution in [0, 0.1) is 0 Å². The van der Waals surface area contributed by atoms with Crippen LogP contribution < -0.4 is 5.32 Å². The summed E-state index contributed by atoms with van der Waals surface area (Å²) in [7, 11) is 0. The molecule has 6 heteroatoms. The highest BCUT2D eigenvalue weighted by Crippen LogP contribution is 1.79. The van der Waals surface area contributed by atoms with Gasteiger partial charge < -0.3 is 10.1 Å². The zero-order valence-electron chi connectivity index (χ0n) is 7.43. The highest BCUT2D eigenvalue weighted by molar-refractivity contribution is 5.66. The van der Waals surface area contributed by atoms with E-state index in [1.165, 1.54) is 4.80 Å². The molecule has 1 rings (SSSR count). The van der Waals surface area contributed by atoms with Crippen molar-refractivity contribution >= 4 is 6.09 Å². The zero-order valence-corrected chi connectivity index (χ0v) is 7.43. The van der Waals surface area contributed by atoms with Crippen molar-refractivity contribution in [2.24, 2.45) is 0 Å². The largest absolute Gasteiger partial charge is 0.450 e. The lowest BCUT2D eigenvalue weighted by atomic mass is 10.6. The molecule has 13 heavy (non-hydrogen) atoms. The monoisotopic (exact) mass is 184 g/mol. The highest BCUT2D eigenvalue weighted by atomic mass is 16.5. The summed E-state index contributed by atoms with van der Waals surface area (Å²) in [6.45, 7) is 3.15. The second-order valence-electron chi connectivity index (χ2n) is 2.27. The van der Waals surface area contributed by atoms with Crippen LogP contribution in [0.15, 0.2) is 12.4 Å². The summed E-state index contributed by atoms with van der Waals surface area (Å²) in [6, 6.07) is 0. The Balaban J connectivity index is 2.11. The summed E-state index contributed by atoms with van der Waals surface area (Å²) in [6.07, 6.45) is 2.77. The number of hydrogen-bond acceptors (Lipinski definition) is 4. The number of amides is 1. The average molecular weight is 184 g/mol. The van der Waals surface area contributed by atoms with Gasteiger partial charge in [-0.3, -0.25) is 0 Å². The van der Waals surface area contributed by atoms with Gasteiger partial charge >= 0.3 is 6.09 Å². The molecule has 0 aliphatic heterocycles. The maximum atomic E-state index is 10.8. The molecule has 0 saturated carbocycles. The Bertz CT molecular complexity index is 247. The van der Waals surface area contributed by atoms with Gasteiger partial charge in [0.15, 0.2) is 0 Å². The Morgan fingerprint density at radius 1 is 1.54 bits per heavy atom. The molecule has 1 aromatic heterocycles. The van der Waals surface area contributed by atoms with Gasteiger partial charge in [0.2, 0.25) is 0 Å². The fraction of sp³-hybridized carbons (Fsp3) is 0.571. The summed E-state index contributed by atoms with van der Waals surface area (Å²) < 4.78 is 4.66. The molecule has 1 aromatic rings. The van der Waals surface area contributed by atoms with Gasteiger partial charge in [-0.25, -0.2) is 4.79 Å². The molecule has 0 atom stereocenters. The van der Waals surface area contributed by atoms with Crippen LogP contribution in [0.25, 0.3) is 0 Å². The predicted octanol–water partition coefficient (Wildman–Crippen LogP) is 0.0242. The summed E-state index contributed by atoms with van der Waals surface area (Å²) in [5, 5.41) is 10.3. The van der Waals surface area contributed by atoms with E-state index in [-0.39, 0.29) is 0 Å². The van der Waals surface area contributed by atoms with E-state index in [1.54, 1.807) is 19.3 Å². The molecule has 0 aromatic carbocycles. The topological polar surface area (TPSA) is 69.0 Å². The molecular weight excluding hydrogens is 172 g/mol. The first kappa shape index (κ1) is 9.50. The van der Waals surface area contributed by atoms with Gasteiger partial charge in [-0.05, 0) is 6.92 Å². The van der Waals surface area contributed by atoms with Gasteiger partial charge in [0.1, 0.15) is 0 Å². The lowest BCUT2D eigenvalue weighted by Gasteiger charge is -2.03. The van der Waals surface area contributed by atoms with Crippen LogP contribution in [-0.2, 0) is 11.3 Å². The Hall–Kier alpha value is -1.59. The number of rotatable bonds is 4. The third kappa shape index (κ3) is 3.55. The van der Waals surface area contributed by atoms with Crippen molar-refractivity contribution in [1.29, 1.82) is 0 Å². The standard InChI is InChI=1S/C7H12N4O2/c1-2-13-7(12)8-5-6-11-9-3-4-10-11/h3-4H,2,5-6H2,1H3,(H,8,12). The van der Waals surface area contributed by atoms with Crippen LogP contribution in [0.3, 0.4) is 0 Å². The van der Waals surface area contributed by atoms with Crippen molar-refractivity contribution in [2.75, 3.05) is 13.2 Å². The van der Waals surface area contributed by atoms with E-state index in [0.29, 0.717) is 19.7 Å². The molecule has 0 radical (unpaired) electrons. The van der Waals surface area contributed by atoms with E-state index in [2.05, 4.69) is 20.3 Å². The molecule has 72 valence electrons. The molecule has 0 aliphatic rings. The number of nitrogens with zero attached hydrogens (tertiary/aromatic N) is 3. The lowest BCUT2D eigenvalue weighted by molar-refractivity contribution is 0.151. The van der Waals surface area contributed by atoms with Gasteiger partial charge in [-0.2, -0.15) is 15.0 Å². The maximum Gasteiger partial charge on any atom is 0.407 e. The molecule has 0 fully saturated rings. The van der Waals surface area contributed by atoms with Crippen molar-refractivity contribution in [3.05, 3.63) is 12.4 Å². The van der Waals surface area contributed by atoms with Gasteiger partial charge in [-0.1, -0.05) is 0 Å². The van der Waals surface area contributed by atoms with Crippen LogP contribution in [0.1, 0.15) is 6.92 Å². The molecule has 0 saturated heterocycles. The molecular formula is C7H12N4O2. The number of carbonyl (C=O) groups is 1. The van der Waals surface area contributed by atoms with Gasteiger partial charge in [0, 0.05) is 6.54 Å². The molecule has 0 bridgehead atoms. The number of carbonyl (C=O) groups excluding carboxylic acids is 1.